The predicted molar refractivity (Wildman–Crippen MR) is 55.2 cm³/mol. The lowest BCUT2D eigenvalue weighted by Gasteiger charge is -2.34. The van der Waals surface area contributed by atoms with E-state index in [0.717, 1.165) is 6.42 Å². The van der Waals surface area contributed by atoms with Crippen LogP contribution in [0.5, 0.6) is 0 Å². The van der Waals surface area contributed by atoms with E-state index >= 15 is 0 Å². The molecule has 1 aliphatic carbocycles. The van der Waals surface area contributed by atoms with Crippen molar-refractivity contribution >= 4 is 0 Å². The van der Waals surface area contributed by atoms with Gasteiger partial charge in [-0.3, -0.25) is 4.90 Å². The molecule has 0 aromatic rings. The summed E-state index contributed by atoms with van der Waals surface area (Å²) in [6, 6.07) is 1.33. The molecule has 0 radical (unpaired) electrons. The van der Waals surface area contributed by atoms with E-state index in [1.165, 1.54) is 38.8 Å². The van der Waals surface area contributed by atoms with Gasteiger partial charge in [-0.15, -0.1) is 0 Å². The van der Waals surface area contributed by atoms with Crippen molar-refractivity contribution in [1.82, 2.24) is 10.2 Å². The molecule has 0 bridgehead atoms. The van der Waals surface area contributed by atoms with Crippen molar-refractivity contribution in [2.75, 3.05) is 19.7 Å². The number of rotatable bonds is 3. The number of aliphatic hydroxyl groups excluding tert-OH is 1. The van der Waals surface area contributed by atoms with E-state index in [1.54, 1.807) is 0 Å². The molecule has 3 aliphatic rings. The van der Waals surface area contributed by atoms with Crippen molar-refractivity contribution in [2.24, 2.45) is 0 Å². The maximum atomic E-state index is 9.65. The lowest BCUT2D eigenvalue weighted by atomic mass is 9.89. The normalized spacial score (nSPS) is 43.1. The minimum atomic E-state index is 0.0532. The fourth-order valence-corrected chi connectivity index (χ4v) is 3.26. The van der Waals surface area contributed by atoms with Crippen molar-refractivity contribution < 1.29 is 5.11 Å². The second-order valence-electron chi connectivity index (χ2n) is 5.18. The Morgan fingerprint density at radius 2 is 2.14 bits per heavy atom. The molecule has 1 saturated carbocycles. The Labute approximate surface area is 85.5 Å². The Morgan fingerprint density at radius 3 is 2.86 bits per heavy atom. The van der Waals surface area contributed by atoms with Crippen molar-refractivity contribution in [1.29, 1.82) is 0 Å². The van der Waals surface area contributed by atoms with Gasteiger partial charge in [0.15, 0.2) is 0 Å². The third kappa shape index (κ3) is 1.30. The molecule has 2 N–H and O–H groups in total. The molecule has 2 saturated heterocycles. The van der Waals surface area contributed by atoms with Crippen molar-refractivity contribution in [3.63, 3.8) is 0 Å². The van der Waals surface area contributed by atoms with Crippen LogP contribution < -0.4 is 5.32 Å². The van der Waals surface area contributed by atoms with E-state index in [1.807, 2.05) is 0 Å². The average Bonchev–Trinajstić information content (AvgIpc) is 2.77. The molecule has 2 unspecified atom stereocenters. The molecule has 2 atom stereocenters. The molecule has 0 amide bonds. The highest BCUT2D eigenvalue weighted by Gasteiger charge is 2.50. The number of nitrogens with one attached hydrogen (secondary N) is 1. The molecule has 3 rings (SSSR count). The van der Waals surface area contributed by atoms with Crippen LogP contribution in [0.1, 0.15) is 32.1 Å². The van der Waals surface area contributed by atoms with Gasteiger partial charge in [0.2, 0.25) is 0 Å². The fraction of sp³-hybridized carbons (Fsp3) is 1.00. The monoisotopic (exact) mass is 196 g/mol. The summed E-state index contributed by atoms with van der Waals surface area (Å²) in [5.74, 6) is 0. The first kappa shape index (κ1) is 9.13. The van der Waals surface area contributed by atoms with Gasteiger partial charge in [-0.05, 0) is 38.6 Å². The highest BCUT2D eigenvalue weighted by Crippen LogP contribution is 2.38. The quantitative estimate of drug-likeness (QED) is 0.683. The molecule has 3 nitrogen and oxygen atoms in total. The number of fused-ring (bicyclic) bond motifs is 1. The minimum absolute atomic E-state index is 0.0532. The van der Waals surface area contributed by atoms with Gasteiger partial charge in [-0.2, -0.15) is 0 Å². The maximum Gasteiger partial charge on any atom is 0.0629 e. The summed E-state index contributed by atoms with van der Waals surface area (Å²) in [6.07, 6.45) is 6.37. The summed E-state index contributed by atoms with van der Waals surface area (Å²) in [4.78, 5) is 2.56. The first-order valence-corrected chi connectivity index (χ1v) is 5.97. The van der Waals surface area contributed by atoms with Gasteiger partial charge in [0.05, 0.1) is 12.1 Å². The third-order valence-electron chi connectivity index (χ3n) is 4.20. The van der Waals surface area contributed by atoms with E-state index in [-0.39, 0.29) is 5.54 Å². The number of aliphatic hydroxyl groups is 1. The van der Waals surface area contributed by atoms with Crippen LogP contribution in [0.3, 0.4) is 0 Å². The zero-order valence-electron chi connectivity index (χ0n) is 8.71. The van der Waals surface area contributed by atoms with Gasteiger partial charge in [0, 0.05) is 18.6 Å². The Hall–Kier alpha value is -0.120. The second kappa shape index (κ2) is 3.19. The first-order chi connectivity index (χ1) is 6.84. The Morgan fingerprint density at radius 1 is 1.29 bits per heavy atom. The summed E-state index contributed by atoms with van der Waals surface area (Å²) in [6.45, 7) is 2.76. The van der Waals surface area contributed by atoms with Crippen LogP contribution in [0, 0.1) is 0 Å². The molecule has 14 heavy (non-hydrogen) atoms. The molecule has 3 heteroatoms. The lowest BCUT2D eigenvalue weighted by Crippen LogP contribution is -2.56. The molecule has 0 aromatic carbocycles. The second-order valence-corrected chi connectivity index (χ2v) is 5.18. The Kier molecular flexibility index (Phi) is 2.08. The number of hydrogen-bond acceptors (Lipinski definition) is 3. The highest BCUT2D eigenvalue weighted by molar-refractivity contribution is 5.10. The summed E-state index contributed by atoms with van der Waals surface area (Å²) in [5, 5.41) is 13.3. The minimum Gasteiger partial charge on any atom is -0.394 e. The molecule has 3 fully saturated rings. The van der Waals surface area contributed by atoms with Crippen LogP contribution in [0.15, 0.2) is 0 Å². The molecule has 2 aliphatic heterocycles. The fourth-order valence-electron chi connectivity index (χ4n) is 3.26. The average molecular weight is 196 g/mol. The maximum absolute atomic E-state index is 9.65. The Balaban J connectivity index is 1.77. The molecule has 0 aromatic heterocycles. The third-order valence-corrected chi connectivity index (χ3v) is 4.20. The first-order valence-electron chi connectivity index (χ1n) is 5.97. The summed E-state index contributed by atoms with van der Waals surface area (Å²) >= 11 is 0. The van der Waals surface area contributed by atoms with E-state index < -0.39 is 0 Å². The van der Waals surface area contributed by atoms with Crippen molar-refractivity contribution in [2.45, 2.75) is 49.7 Å². The Bertz CT molecular complexity index is 229. The number of nitrogens with zero attached hydrogens (tertiary/aromatic N) is 1. The van der Waals surface area contributed by atoms with Crippen LogP contribution >= 0.6 is 0 Å². The van der Waals surface area contributed by atoms with Crippen LogP contribution in [-0.4, -0.2) is 47.3 Å². The van der Waals surface area contributed by atoms with Gasteiger partial charge < -0.3 is 10.4 Å². The largest absolute Gasteiger partial charge is 0.394 e. The predicted octanol–water partition coefficient (Wildman–Crippen LogP) is 0.338. The molecule has 0 spiro atoms. The summed E-state index contributed by atoms with van der Waals surface area (Å²) in [7, 11) is 0. The number of hydrogen-bond donors (Lipinski definition) is 2. The van der Waals surface area contributed by atoms with Crippen LogP contribution in [0.2, 0.25) is 0 Å². The van der Waals surface area contributed by atoms with Gasteiger partial charge in [0.1, 0.15) is 0 Å². The van der Waals surface area contributed by atoms with E-state index in [4.69, 9.17) is 0 Å². The van der Waals surface area contributed by atoms with Crippen LogP contribution in [-0.2, 0) is 0 Å². The van der Waals surface area contributed by atoms with Crippen LogP contribution in [0.4, 0.5) is 0 Å². The molecule has 80 valence electrons. The molecule has 2 heterocycles. The van der Waals surface area contributed by atoms with Gasteiger partial charge >= 0.3 is 0 Å². The lowest BCUT2D eigenvalue weighted by molar-refractivity contribution is 0.125. The zero-order chi connectivity index (χ0) is 9.60. The molecular formula is C11H20N2O. The van der Waals surface area contributed by atoms with Gasteiger partial charge in [-0.1, -0.05) is 0 Å². The van der Waals surface area contributed by atoms with Crippen molar-refractivity contribution in [3.05, 3.63) is 0 Å². The van der Waals surface area contributed by atoms with E-state index in [2.05, 4.69) is 10.2 Å². The topological polar surface area (TPSA) is 35.5 Å². The van der Waals surface area contributed by atoms with Crippen molar-refractivity contribution in [3.8, 4) is 0 Å². The highest BCUT2D eigenvalue weighted by atomic mass is 16.3. The van der Waals surface area contributed by atoms with Gasteiger partial charge in [0.25, 0.3) is 0 Å². The SMILES string of the molecule is OCC1(NC2CC2)CCN2CCCC21. The summed E-state index contributed by atoms with van der Waals surface area (Å²) < 4.78 is 0. The van der Waals surface area contributed by atoms with E-state index in [9.17, 15) is 5.11 Å². The van der Waals surface area contributed by atoms with E-state index in [0.29, 0.717) is 18.7 Å². The van der Waals surface area contributed by atoms with Gasteiger partial charge in [-0.25, -0.2) is 0 Å². The summed E-state index contributed by atoms with van der Waals surface area (Å²) in [5.41, 5.74) is 0.0532. The van der Waals surface area contributed by atoms with Crippen LogP contribution in [0.25, 0.3) is 0 Å². The standard InChI is InChI=1S/C11H20N2O/c14-8-11(12-9-3-4-9)5-7-13-6-1-2-10(11)13/h9-10,12,14H,1-8H2. The smallest absolute Gasteiger partial charge is 0.0629 e. The molecular weight excluding hydrogens is 176 g/mol. The zero-order valence-corrected chi connectivity index (χ0v) is 8.71.